The van der Waals surface area contributed by atoms with Gasteiger partial charge in [-0.25, -0.2) is 4.79 Å². The van der Waals surface area contributed by atoms with E-state index in [0.29, 0.717) is 12.3 Å². The number of carbonyl (C=O) groups excluding carboxylic acids is 2. The fourth-order valence-corrected chi connectivity index (χ4v) is 2.79. The molecule has 1 unspecified atom stereocenters. The predicted molar refractivity (Wildman–Crippen MR) is 103 cm³/mol. The highest BCUT2D eigenvalue weighted by Crippen LogP contribution is 2.23. The summed E-state index contributed by atoms with van der Waals surface area (Å²) < 4.78 is 10.8. The fraction of sp³-hybridized carbons (Fsp3) is 0.333. The van der Waals surface area contributed by atoms with Gasteiger partial charge in [0.15, 0.2) is 6.61 Å². The lowest BCUT2D eigenvalue weighted by Crippen LogP contribution is -2.37. The Hall–Kier alpha value is -3.02. The second-order valence-corrected chi connectivity index (χ2v) is 6.79. The molecule has 142 valence electrons. The monoisotopic (exact) mass is 368 g/mol. The van der Waals surface area contributed by atoms with Crippen molar-refractivity contribution in [2.75, 3.05) is 24.6 Å². The van der Waals surface area contributed by atoms with Crippen LogP contribution in [0.25, 0.3) is 0 Å². The van der Waals surface area contributed by atoms with Gasteiger partial charge in [-0.05, 0) is 56.2 Å². The number of nitrogens with one attached hydrogen (secondary N) is 1. The van der Waals surface area contributed by atoms with Crippen LogP contribution in [-0.2, 0) is 9.53 Å². The minimum absolute atomic E-state index is 0.0788. The van der Waals surface area contributed by atoms with Crippen molar-refractivity contribution in [1.82, 2.24) is 5.32 Å². The predicted octanol–water partition coefficient (Wildman–Crippen LogP) is 3.13. The van der Waals surface area contributed by atoms with E-state index >= 15 is 0 Å². The molecular weight excluding hydrogens is 344 g/mol. The van der Waals surface area contributed by atoms with Gasteiger partial charge in [-0.1, -0.05) is 23.8 Å². The van der Waals surface area contributed by atoms with Gasteiger partial charge in [0.25, 0.3) is 5.91 Å². The molecule has 1 atom stereocenters. The Balaban J connectivity index is 1.47. The maximum atomic E-state index is 12.1. The lowest BCUT2D eigenvalue weighted by atomic mass is 10.1. The van der Waals surface area contributed by atoms with E-state index in [2.05, 4.69) is 5.32 Å². The van der Waals surface area contributed by atoms with Crippen LogP contribution >= 0.6 is 0 Å². The molecule has 1 heterocycles. The Morgan fingerprint density at radius 1 is 1.15 bits per heavy atom. The number of benzene rings is 2. The highest BCUT2D eigenvalue weighted by atomic mass is 16.6. The summed E-state index contributed by atoms with van der Waals surface area (Å²) in [4.78, 5) is 25.7. The molecular formula is C21H24N2O4. The minimum atomic E-state index is -0.395. The van der Waals surface area contributed by atoms with Crippen molar-refractivity contribution in [3.63, 3.8) is 0 Å². The van der Waals surface area contributed by atoms with Crippen LogP contribution in [0.5, 0.6) is 5.75 Å². The third kappa shape index (κ3) is 4.78. The number of carbonyl (C=O) groups is 2. The average molecular weight is 368 g/mol. The van der Waals surface area contributed by atoms with Gasteiger partial charge in [-0.2, -0.15) is 0 Å². The quantitative estimate of drug-likeness (QED) is 0.851. The Morgan fingerprint density at radius 3 is 2.59 bits per heavy atom. The molecule has 2 aromatic rings. The standard InChI is InChI=1S/C21H24N2O4/c1-14-4-8-18(9-5-14)26-13-20(24)22-11-19-12-23(21(25)27-19)17-7-6-15(2)16(3)10-17/h4-10,19H,11-13H2,1-3H3,(H,22,24). The molecule has 0 aliphatic carbocycles. The first-order valence-electron chi connectivity index (χ1n) is 8.94. The third-order valence-corrected chi connectivity index (χ3v) is 4.59. The van der Waals surface area contributed by atoms with Crippen LogP contribution in [0.2, 0.25) is 0 Å². The lowest BCUT2D eigenvalue weighted by Gasteiger charge is -2.14. The van der Waals surface area contributed by atoms with E-state index in [0.717, 1.165) is 16.8 Å². The van der Waals surface area contributed by atoms with Crippen molar-refractivity contribution in [2.45, 2.75) is 26.9 Å². The van der Waals surface area contributed by atoms with E-state index in [9.17, 15) is 9.59 Å². The Bertz CT molecular complexity index is 833. The summed E-state index contributed by atoms with van der Waals surface area (Å²) in [7, 11) is 0. The maximum Gasteiger partial charge on any atom is 0.414 e. The second-order valence-electron chi connectivity index (χ2n) is 6.79. The third-order valence-electron chi connectivity index (χ3n) is 4.59. The van der Waals surface area contributed by atoms with Gasteiger partial charge in [0.05, 0.1) is 13.1 Å². The molecule has 0 aromatic heterocycles. The van der Waals surface area contributed by atoms with E-state index in [4.69, 9.17) is 9.47 Å². The topological polar surface area (TPSA) is 67.9 Å². The van der Waals surface area contributed by atoms with Crippen molar-refractivity contribution in [2.24, 2.45) is 0 Å². The Morgan fingerprint density at radius 2 is 1.89 bits per heavy atom. The van der Waals surface area contributed by atoms with Crippen LogP contribution in [0.1, 0.15) is 16.7 Å². The molecule has 2 amide bonds. The van der Waals surface area contributed by atoms with Crippen LogP contribution in [0, 0.1) is 20.8 Å². The molecule has 1 N–H and O–H groups in total. The van der Waals surface area contributed by atoms with Crippen molar-refractivity contribution in [3.8, 4) is 5.75 Å². The van der Waals surface area contributed by atoms with Crippen molar-refractivity contribution in [1.29, 1.82) is 0 Å². The number of hydrogen-bond donors (Lipinski definition) is 1. The molecule has 0 radical (unpaired) electrons. The summed E-state index contributed by atoms with van der Waals surface area (Å²) >= 11 is 0. The van der Waals surface area contributed by atoms with E-state index in [1.54, 1.807) is 4.90 Å². The van der Waals surface area contributed by atoms with E-state index in [1.807, 2.05) is 63.2 Å². The van der Waals surface area contributed by atoms with Gasteiger partial charge in [0.1, 0.15) is 11.9 Å². The van der Waals surface area contributed by atoms with Gasteiger partial charge in [0, 0.05) is 5.69 Å². The van der Waals surface area contributed by atoms with Gasteiger partial charge in [-0.3, -0.25) is 9.69 Å². The molecule has 1 aliphatic rings. The summed E-state index contributed by atoms with van der Waals surface area (Å²) in [5.41, 5.74) is 4.22. The van der Waals surface area contributed by atoms with Crippen LogP contribution in [0.3, 0.4) is 0 Å². The molecule has 1 saturated heterocycles. The molecule has 2 aromatic carbocycles. The van der Waals surface area contributed by atoms with Gasteiger partial charge < -0.3 is 14.8 Å². The van der Waals surface area contributed by atoms with Gasteiger partial charge in [0.2, 0.25) is 0 Å². The number of amides is 2. The molecule has 1 aliphatic heterocycles. The number of aryl methyl sites for hydroxylation is 3. The summed E-state index contributed by atoms with van der Waals surface area (Å²) in [6.45, 7) is 6.60. The number of nitrogens with zero attached hydrogens (tertiary/aromatic N) is 1. The largest absolute Gasteiger partial charge is 0.484 e. The average Bonchev–Trinajstić information content (AvgIpc) is 3.02. The highest BCUT2D eigenvalue weighted by Gasteiger charge is 2.32. The number of hydrogen-bond acceptors (Lipinski definition) is 4. The van der Waals surface area contributed by atoms with Crippen molar-refractivity contribution < 1.29 is 19.1 Å². The zero-order valence-corrected chi connectivity index (χ0v) is 15.8. The number of rotatable bonds is 6. The fourth-order valence-electron chi connectivity index (χ4n) is 2.79. The highest BCUT2D eigenvalue weighted by molar-refractivity contribution is 5.90. The normalized spacial score (nSPS) is 16.2. The summed E-state index contributed by atoms with van der Waals surface area (Å²) in [5, 5.41) is 2.75. The zero-order valence-electron chi connectivity index (χ0n) is 15.8. The second kappa shape index (κ2) is 8.12. The Labute approximate surface area is 159 Å². The molecule has 0 bridgehead atoms. The van der Waals surface area contributed by atoms with E-state index < -0.39 is 6.09 Å². The first-order valence-corrected chi connectivity index (χ1v) is 8.94. The molecule has 0 saturated carbocycles. The molecule has 0 spiro atoms. The summed E-state index contributed by atoms with van der Waals surface area (Å²) in [6, 6.07) is 13.3. The van der Waals surface area contributed by atoms with Crippen molar-refractivity contribution in [3.05, 3.63) is 59.2 Å². The zero-order chi connectivity index (χ0) is 19.4. The minimum Gasteiger partial charge on any atom is -0.484 e. The molecule has 1 fully saturated rings. The summed E-state index contributed by atoms with van der Waals surface area (Å²) in [6.07, 6.45) is -0.782. The van der Waals surface area contributed by atoms with Gasteiger partial charge in [-0.15, -0.1) is 0 Å². The van der Waals surface area contributed by atoms with Crippen molar-refractivity contribution >= 4 is 17.7 Å². The number of cyclic esters (lactones) is 1. The van der Waals surface area contributed by atoms with Crippen LogP contribution in [-0.4, -0.2) is 37.8 Å². The van der Waals surface area contributed by atoms with E-state index in [1.165, 1.54) is 5.56 Å². The first-order chi connectivity index (χ1) is 12.9. The SMILES string of the molecule is Cc1ccc(OCC(=O)NCC2CN(c3ccc(C)c(C)c3)C(=O)O2)cc1. The lowest BCUT2D eigenvalue weighted by molar-refractivity contribution is -0.123. The van der Waals surface area contributed by atoms with Crippen LogP contribution in [0.4, 0.5) is 10.5 Å². The summed E-state index contributed by atoms with van der Waals surface area (Å²) in [5.74, 6) is 0.389. The maximum absolute atomic E-state index is 12.1. The molecule has 3 rings (SSSR count). The Kier molecular flexibility index (Phi) is 5.64. The number of ether oxygens (including phenoxy) is 2. The molecule has 27 heavy (non-hydrogen) atoms. The smallest absolute Gasteiger partial charge is 0.414 e. The molecule has 6 nitrogen and oxygen atoms in total. The van der Waals surface area contributed by atoms with Gasteiger partial charge >= 0.3 is 6.09 Å². The number of anilines is 1. The molecule has 6 heteroatoms. The van der Waals surface area contributed by atoms with Crippen LogP contribution < -0.4 is 15.0 Å². The van der Waals surface area contributed by atoms with E-state index in [-0.39, 0.29) is 25.2 Å². The first kappa shape index (κ1) is 18.8. The van der Waals surface area contributed by atoms with Crippen LogP contribution in [0.15, 0.2) is 42.5 Å².